The normalized spacial score (nSPS) is 16.2. The Morgan fingerprint density at radius 1 is 0.581 bits per heavy atom. The molecular formula is C46H52N14O2. The molecule has 16 heteroatoms. The highest BCUT2D eigenvalue weighted by atomic mass is 16.1. The summed E-state index contributed by atoms with van der Waals surface area (Å²) in [5, 5.41) is 9.23. The lowest BCUT2D eigenvalue weighted by molar-refractivity contribution is 0.183. The standard InChI is InChI=1S/C23H25N7O.C23H27N7O/c1-15-11-30-21(16(2)24-15)9-20(26-30)19-10-23(31)29-14-17(5-6-22(29)25-19)28-12-18(13-28)27-7-3-4-8-27;1-5-27(6-2)18-12-28(13-18)17-7-8-22-25-19(10-23(31)29(22)14-17)20-9-21-16(4)24-15(3)11-30(21)26-20/h5-6,9-11,14,18H,3-4,7-8,12-13H2,1-2H3;7-11,14,18H,5-6,12-13H2,1-4H3. The number of hydrogen-bond acceptors (Lipinski definition) is 12. The Labute approximate surface area is 358 Å². The second-order valence-corrected chi connectivity index (χ2v) is 16.9. The first-order valence-corrected chi connectivity index (χ1v) is 21.7. The molecule has 0 spiro atoms. The molecule has 0 radical (unpaired) electrons. The lowest BCUT2D eigenvalue weighted by Gasteiger charge is -2.46. The van der Waals surface area contributed by atoms with Gasteiger partial charge in [-0.2, -0.15) is 10.2 Å². The van der Waals surface area contributed by atoms with Gasteiger partial charge in [0, 0.05) is 62.8 Å². The van der Waals surface area contributed by atoms with E-state index in [0.717, 1.165) is 84.5 Å². The third-order valence-corrected chi connectivity index (χ3v) is 12.8. The predicted molar refractivity (Wildman–Crippen MR) is 242 cm³/mol. The summed E-state index contributed by atoms with van der Waals surface area (Å²) in [6, 6.07) is 16.2. The number of aryl methyl sites for hydroxylation is 4. The fourth-order valence-corrected chi connectivity index (χ4v) is 9.29. The molecule has 8 aromatic heterocycles. The smallest absolute Gasteiger partial charge is 0.258 e. The van der Waals surface area contributed by atoms with Gasteiger partial charge in [0.2, 0.25) is 0 Å². The first-order valence-electron chi connectivity index (χ1n) is 21.7. The van der Waals surface area contributed by atoms with Gasteiger partial charge in [0.1, 0.15) is 22.7 Å². The van der Waals surface area contributed by atoms with Crippen LogP contribution in [-0.2, 0) is 0 Å². The van der Waals surface area contributed by atoms with Crippen LogP contribution in [0.15, 0.2) is 82.9 Å². The fraction of sp³-hybridized carbons (Fsp3) is 0.391. The highest BCUT2D eigenvalue weighted by molar-refractivity contribution is 5.68. The highest BCUT2D eigenvalue weighted by Crippen LogP contribution is 2.28. The second kappa shape index (κ2) is 15.7. The largest absolute Gasteiger partial charge is 0.367 e. The highest BCUT2D eigenvalue weighted by Gasteiger charge is 2.33. The van der Waals surface area contributed by atoms with Crippen LogP contribution in [0.3, 0.4) is 0 Å². The number of rotatable bonds is 8. The molecule has 3 aliphatic heterocycles. The Balaban J connectivity index is 0.000000148. The Bertz CT molecular complexity index is 2910. The number of nitrogens with zero attached hydrogens (tertiary/aromatic N) is 14. The van der Waals surface area contributed by atoms with E-state index in [1.807, 2.05) is 82.8 Å². The molecule has 16 nitrogen and oxygen atoms in total. The number of anilines is 2. The predicted octanol–water partition coefficient (Wildman–Crippen LogP) is 4.86. The third-order valence-electron chi connectivity index (χ3n) is 12.8. The molecule has 11 rings (SSSR count). The summed E-state index contributed by atoms with van der Waals surface area (Å²) in [7, 11) is 0. The van der Waals surface area contributed by atoms with E-state index >= 15 is 0 Å². The SMILES string of the molecule is CCN(CC)C1CN(c2ccc3nc(-c4cc5c(C)nc(C)cn5n4)cc(=O)n3c2)C1.Cc1cn2nc(-c3cc(=O)n4cc(N5CC(N6CCCC6)C5)ccc4n3)cc2c(C)n1. The van der Waals surface area contributed by atoms with Gasteiger partial charge in [-0.15, -0.1) is 0 Å². The number of fused-ring (bicyclic) bond motifs is 4. The molecule has 0 saturated carbocycles. The topological polar surface area (TPSA) is 142 Å². The van der Waals surface area contributed by atoms with Crippen molar-refractivity contribution in [3.8, 4) is 22.8 Å². The maximum Gasteiger partial charge on any atom is 0.258 e. The van der Waals surface area contributed by atoms with Crippen molar-refractivity contribution >= 4 is 33.7 Å². The molecule has 0 unspecified atom stereocenters. The number of likely N-dealkylation sites (tertiary alicyclic amines) is 1. The minimum atomic E-state index is -0.106. The first-order chi connectivity index (χ1) is 30.0. The van der Waals surface area contributed by atoms with Crippen LogP contribution in [0.4, 0.5) is 11.4 Å². The summed E-state index contributed by atoms with van der Waals surface area (Å²) in [5.41, 5.74) is 11.1. The van der Waals surface area contributed by atoms with Gasteiger partial charge >= 0.3 is 0 Å². The summed E-state index contributed by atoms with van der Waals surface area (Å²) in [5.74, 6) is 0. The van der Waals surface area contributed by atoms with Crippen LogP contribution in [0.25, 0.3) is 45.1 Å². The minimum Gasteiger partial charge on any atom is -0.367 e. The lowest BCUT2D eigenvalue weighted by Crippen LogP contribution is -2.59. The van der Waals surface area contributed by atoms with Gasteiger partial charge in [0.05, 0.1) is 69.0 Å². The van der Waals surface area contributed by atoms with E-state index in [9.17, 15) is 9.59 Å². The van der Waals surface area contributed by atoms with E-state index < -0.39 is 0 Å². The number of pyridine rings is 2. The zero-order valence-corrected chi connectivity index (χ0v) is 36.2. The van der Waals surface area contributed by atoms with Crippen molar-refractivity contribution in [1.82, 2.24) is 57.8 Å². The van der Waals surface area contributed by atoms with Gasteiger partial charge in [-0.3, -0.25) is 38.2 Å². The van der Waals surface area contributed by atoms with E-state index in [1.54, 1.807) is 30.0 Å². The molecule has 0 aliphatic carbocycles. The van der Waals surface area contributed by atoms with Crippen LogP contribution in [0.5, 0.6) is 0 Å². The Morgan fingerprint density at radius 3 is 1.52 bits per heavy atom. The second-order valence-electron chi connectivity index (χ2n) is 16.9. The summed E-state index contributed by atoms with van der Waals surface area (Å²) in [6.45, 7) is 20.8. The summed E-state index contributed by atoms with van der Waals surface area (Å²) < 4.78 is 6.86. The van der Waals surface area contributed by atoms with Crippen LogP contribution < -0.4 is 20.9 Å². The van der Waals surface area contributed by atoms with Crippen molar-refractivity contribution in [2.45, 2.75) is 66.5 Å². The summed E-state index contributed by atoms with van der Waals surface area (Å²) in [6.07, 6.45) is 10.2. The van der Waals surface area contributed by atoms with Crippen LogP contribution in [0, 0.1) is 27.7 Å². The molecule has 318 valence electrons. The molecule has 0 N–H and O–H groups in total. The molecule has 3 fully saturated rings. The van der Waals surface area contributed by atoms with Crippen molar-refractivity contribution in [3.63, 3.8) is 0 Å². The zero-order valence-electron chi connectivity index (χ0n) is 36.2. The van der Waals surface area contributed by atoms with E-state index in [2.05, 4.69) is 59.7 Å². The van der Waals surface area contributed by atoms with E-state index in [0.29, 0.717) is 46.2 Å². The van der Waals surface area contributed by atoms with Gasteiger partial charge in [-0.1, -0.05) is 13.8 Å². The van der Waals surface area contributed by atoms with Crippen LogP contribution >= 0.6 is 0 Å². The van der Waals surface area contributed by atoms with E-state index in [-0.39, 0.29) is 11.1 Å². The Morgan fingerprint density at radius 2 is 1.05 bits per heavy atom. The van der Waals surface area contributed by atoms with Crippen molar-refractivity contribution in [3.05, 3.63) is 117 Å². The van der Waals surface area contributed by atoms with Crippen LogP contribution in [-0.4, -0.2) is 122 Å². The van der Waals surface area contributed by atoms with Crippen molar-refractivity contribution in [2.75, 3.05) is 62.2 Å². The van der Waals surface area contributed by atoms with Crippen LogP contribution in [0.2, 0.25) is 0 Å². The van der Waals surface area contributed by atoms with Crippen LogP contribution in [0.1, 0.15) is 49.5 Å². The minimum absolute atomic E-state index is 0.0958. The van der Waals surface area contributed by atoms with E-state index in [1.165, 1.54) is 25.9 Å². The van der Waals surface area contributed by atoms with Crippen molar-refractivity contribution < 1.29 is 0 Å². The molecule has 0 bridgehead atoms. The molecule has 3 aliphatic rings. The molecule has 8 aromatic rings. The number of aromatic nitrogens is 10. The third kappa shape index (κ3) is 7.26. The average molecular weight is 833 g/mol. The van der Waals surface area contributed by atoms with Gasteiger partial charge < -0.3 is 9.80 Å². The summed E-state index contributed by atoms with van der Waals surface area (Å²) >= 11 is 0. The summed E-state index contributed by atoms with van der Waals surface area (Å²) in [4.78, 5) is 53.9. The molecule has 0 atom stereocenters. The monoisotopic (exact) mass is 832 g/mol. The maximum absolute atomic E-state index is 12.9. The Hall–Kier alpha value is -6.52. The molecule has 3 saturated heterocycles. The Kier molecular flexibility index (Phi) is 10.1. The van der Waals surface area contributed by atoms with Crippen molar-refractivity contribution in [1.29, 1.82) is 0 Å². The van der Waals surface area contributed by atoms with Gasteiger partial charge in [0.15, 0.2) is 0 Å². The molecule has 0 amide bonds. The molecule has 11 heterocycles. The van der Waals surface area contributed by atoms with Gasteiger partial charge in [-0.25, -0.2) is 19.0 Å². The quantitative estimate of drug-likeness (QED) is 0.207. The molecular weight excluding hydrogens is 781 g/mol. The number of hydrogen-bond donors (Lipinski definition) is 0. The molecule has 0 aromatic carbocycles. The van der Waals surface area contributed by atoms with Gasteiger partial charge in [0.25, 0.3) is 11.1 Å². The van der Waals surface area contributed by atoms with Crippen molar-refractivity contribution in [2.24, 2.45) is 0 Å². The number of likely N-dealkylation sites (N-methyl/N-ethyl adjacent to an activating group) is 1. The van der Waals surface area contributed by atoms with Gasteiger partial charge in [-0.05, 0) is 103 Å². The van der Waals surface area contributed by atoms with E-state index in [4.69, 9.17) is 9.97 Å². The maximum atomic E-state index is 12.9. The molecule has 62 heavy (non-hydrogen) atoms. The lowest BCUT2D eigenvalue weighted by atomic mass is 10.1. The zero-order chi connectivity index (χ0) is 42.8. The average Bonchev–Trinajstić information content (AvgIpc) is 4.00. The fourth-order valence-electron chi connectivity index (χ4n) is 9.29. The first kappa shape index (κ1) is 39.6.